The zero-order chi connectivity index (χ0) is 17.5. The van der Waals surface area contributed by atoms with Crippen molar-refractivity contribution in [3.05, 3.63) is 29.8 Å². The Labute approximate surface area is 150 Å². The molecule has 3 rings (SSSR count). The lowest BCUT2D eigenvalue weighted by Gasteiger charge is -2.37. The molecule has 5 nitrogen and oxygen atoms in total. The van der Waals surface area contributed by atoms with Gasteiger partial charge in [0.2, 0.25) is 0 Å². The molecule has 138 valence electrons. The van der Waals surface area contributed by atoms with Crippen LogP contribution in [-0.2, 0) is 9.53 Å². The van der Waals surface area contributed by atoms with E-state index in [9.17, 15) is 4.79 Å². The number of benzene rings is 1. The smallest absolute Gasteiger partial charge is 0.260 e. The fourth-order valence-corrected chi connectivity index (χ4v) is 3.72. The number of carbonyl (C=O) groups is 1. The van der Waals surface area contributed by atoms with Crippen LogP contribution in [0.3, 0.4) is 0 Å². The molecule has 1 unspecified atom stereocenters. The molecule has 2 fully saturated rings. The maximum atomic E-state index is 12.7. The molecule has 2 aliphatic rings. The molecule has 1 aromatic rings. The minimum atomic E-state index is 0.119. The number of likely N-dealkylation sites (tertiary alicyclic amines) is 1. The minimum Gasteiger partial charge on any atom is -0.484 e. The zero-order valence-corrected chi connectivity index (χ0v) is 15.3. The number of aryl methyl sites for hydroxylation is 1. The summed E-state index contributed by atoms with van der Waals surface area (Å²) >= 11 is 0. The highest BCUT2D eigenvalue weighted by Gasteiger charge is 2.27. The van der Waals surface area contributed by atoms with Gasteiger partial charge in [-0.1, -0.05) is 12.1 Å². The first-order valence-corrected chi connectivity index (χ1v) is 9.51. The topological polar surface area (TPSA) is 42.0 Å². The van der Waals surface area contributed by atoms with Crippen LogP contribution in [0, 0.1) is 6.92 Å². The SMILES string of the molecule is Cc1cccc(OCC(=O)N2CCCCC2CCN2CCOCC2)c1. The van der Waals surface area contributed by atoms with Gasteiger partial charge in [0.1, 0.15) is 5.75 Å². The molecule has 0 radical (unpaired) electrons. The minimum absolute atomic E-state index is 0.119. The van der Waals surface area contributed by atoms with E-state index >= 15 is 0 Å². The van der Waals surface area contributed by atoms with Crippen LogP contribution in [0.5, 0.6) is 5.75 Å². The summed E-state index contributed by atoms with van der Waals surface area (Å²) in [5, 5.41) is 0. The lowest BCUT2D eigenvalue weighted by molar-refractivity contribution is -0.137. The number of amides is 1. The van der Waals surface area contributed by atoms with E-state index in [1.165, 1.54) is 6.42 Å². The number of rotatable bonds is 6. The van der Waals surface area contributed by atoms with Gasteiger partial charge in [-0.05, 0) is 50.3 Å². The van der Waals surface area contributed by atoms with Crippen molar-refractivity contribution in [3.8, 4) is 5.75 Å². The Balaban J connectivity index is 1.49. The maximum Gasteiger partial charge on any atom is 0.260 e. The summed E-state index contributed by atoms with van der Waals surface area (Å²) in [5.41, 5.74) is 1.14. The van der Waals surface area contributed by atoms with Gasteiger partial charge in [-0.25, -0.2) is 0 Å². The fourth-order valence-electron chi connectivity index (χ4n) is 3.72. The standard InChI is InChI=1S/C20H30N2O3/c1-17-5-4-7-19(15-17)25-16-20(23)22-9-3-2-6-18(22)8-10-21-11-13-24-14-12-21/h4-5,7,15,18H,2-3,6,8-14,16H2,1H3. The predicted molar refractivity (Wildman–Crippen MR) is 97.9 cm³/mol. The molecule has 25 heavy (non-hydrogen) atoms. The van der Waals surface area contributed by atoms with Crippen molar-refractivity contribution in [2.45, 2.75) is 38.6 Å². The van der Waals surface area contributed by atoms with E-state index in [1.807, 2.05) is 31.2 Å². The first-order valence-electron chi connectivity index (χ1n) is 9.51. The summed E-state index contributed by atoms with van der Waals surface area (Å²) in [7, 11) is 0. The van der Waals surface area contributed by atoms with E-state index in [-0.39, 0.29) is 12.5 Å². The van der Waals surface area contributed by atoms with Crippen LogP contribution >= 0.6 is 0 Å². The lowest BCUT2D eigenvalue weighted by Crippen LogP contribution is -2.47. The molecule has 0 saturated carbocycles. The van der Waals surface area contributed by atoms with Gasteiger partial charge in [-0.15, -0.1) is 0 Å². The number of hydrogen-bond acceptors (Lipinski definition) is 4. The Morgan fingerprint density at radius 1 is 1.24 bits per heavy atom. The fraction of sp³-hybridized carbons (Fsp3) is 0.650. The van der Waals surface area contributed by atoms with Crippen LogP contribution in [0.15, 0.2) is 24.3 Å². The summed E-state index contributed by atoms with van der Waals surface area (Å²) in [6, 6.07) is 8.22. The Hall–Kier alpha value is -1.59. The molecule has 0 aromatic heterocycles. The average molecular weight is 346 g/mol. The molecule has 1 aromatic carbocycles. The van der Waals surface area contributed by atoms with Gasteiger partial charge >= 0.3 is 0 Å². The number of piperidine rings is 1. The van der Waals surface area contributed by atoms with Crippen molar-refractivity contribution in [1.29, 1.82) is 0 Å². The molecule has 0 aliphatic carbocycles. The summed E-state index contributed by atoms with van der Waals surface area (Å²) in [4.78, 5) is 17.2. The van der Waals surface area contributed by atoms with E-state index in [2.05, 4.69) is 9.80 Å². The number of carbonyl (C=O) groups excluding carboxylic acids is 1. The number of ether oxygens (including phenoxy) is 2. The summed E-state index contributed by atoms with van der Waals surface area (Å²) in [6.07, 6.45) is 4.48. The Bertz CT molecular complexity index is 558. The third-order valence-corrected chi connectivity index (χ3v) is 5.18. The van der Waals surface area contributed by atoms with E-state index < -0.39 is 0 Å². The molecule has 1 atom stereocenters. The van der Waals surface area contributed by atoms with Gasteiger partial charge in [0, 0.05) is 32.2 Å². The Morgan fingerprint density at radius 2 is 2.08 bits per heavy atom. The Kier molecular flexibility index (Phi) is 6.70. The number of morpholine rings is 1. The zero-order valence-electron chi connectivity index (χ0n) is 15.3. The second kappa shape index (κ2) is 9.20. The van der Waals surface area contributed by atoms with Crippen LogP contribution < -0.4 is 4.74 Å². The van der Waals surface area contributed by atoms with Crippen LogP contribution in [0.2, 0.25) is 0 Å². The van der Waals surface area contributed by atoms with Crippen LogP contribution in [0.4, 0.5) is 0 Å². The summed E-state index contributed by atoms with van der Waals surface area (Å²) in [5.74, 6) is 0.892. The average Bonchev–Trinajstić information content (AvgIpc) is 2.65. The first kappa shape index (κ1) is 18.2. The molecular formula is C20H30N2O3. The maximum absolute atomic E-state index is 12.7. The van der Waals surface area contributed by atoms with Gasteiger partial charge in [-0.3, -0.25) is 9.69 Å². The van der Waals surface area contributed by atoms with E-state index in [1.54, 1.807) is 0 Å². The van der Waals surface area contributed by atoms with Crippen LogP contribution in [0.1, 0.15) is 31.2 Å². The first-order chi connectivity index (χ1) is 12.2. The van der Waals surface area contributed by atoms with Crippen molar-refractivity contribution >= 4 is 5.91 Å². The highest BCUT2D eigenvalue weighted by atomic mass is 16.5. The molecule has 2 heterocycles. The predicted octanol–water partition coefficient (Wildman–Crippen LogP) is 2.48. The summed E-state index contributed by atoms with van der Waals surface area (Å²) in [6.45, 7) is 7.77. The molecule has 5 heteroatoms. The van der Waals surface area contributed by atoms with Crippen molar-refractivity contribution in [3.63, 3.8) is 0 Å². The highest BCUT2D eigenvalue weighted by molar-refractivity contribution is 5.78. The summed E-state index contributed by atoms with van der Waals surface area (Å²) < 4.78 is 11.1. The van der Waals surface area contributed by atoms with Crippen molar-refractivity contribution in [2.24, 2.45) is 0 Å². The molecule has 0 spiro atoms. The molecule has 0 N–H and O–H groups in total. The van der Waals surface area contributed by atoms with E-state index in [4.69, 9.17) is 9.47 Å². The van der Waals surface area contributed by atoms with Crippen molar-refractivity contribution in [2.75, 3.05) is 46.0 Å². The molecular weight excluding hydrogens is 316 g/mol. The van der Waals surface area contributed by atoms with Gasteiger partial charge in [0.15, 0.2) is 6.61 Å². The molecule has 2 saturated heterocycles. The van der Waals surface area contributed by atoms with Crippen molar-refractivity contribution < 1.29 is 14.3 Å². The van der Waals surface area contributed by atoms with Gasteiger partial charge in [0.25, 0.3) is 5.91 Å². The molecule has 0 bridgehead atoms. The second-order valence-corrected chi connectivity index (χ2v) is 7.08. The van der Waals surface area contributed by atoms with E-state index in [0.717, 1.165) is 70.0 Å². The number of hydrogen-bond donors (Lipinski definition) is 0. The normalized spacial score (nSPS) is 22.0. The third-order valence-electron chi connectivity index (χ3n) is 5.18. The lowest BCUT2D eigenvalue weighted by atomic mass is 9.99. The quantitative estimate of drug-likeness (QED) is 0.794. The monoisotopic (exact) mass is 346 g/mol. The Morgan fingerprint density at radius 3 is 2.88 bits per heavy atom. The highest BCUT2D eigenvalue weighted by Crippen LogP contribution is 2.21. The largest absolute Gasteiger partial charge is 0.484 e. The molecule has 1 amide bonds. The third kappa shape index (κ3) is 5.44. The van der Waals surface area contributed by atoms with Gasteiger partial charge < -0.3 is 14.4 Å². The molecule has 2 aliphatic heterocycles. The van der Waals surface area contributed by atoms with E-state index in [0.29, 0.717) is 6.04 Å². The van der Waals surface area contributed by atoms with Crippen molar-refractivity contribution in [1.82, 2.24) is 9.80 Å². The van der Waals surface area contributed by atoms with Gasteiger partial charge in [0.05, 0.1) is 13.2 Å². The second-order valence-electron chi connectivity index (χ2n) is 7.08. The van der Waals surface area contributed by atoms with Crippen LogP contribution in [0.25, 0.3) is 0 Å². The van der Waals surface area contributed by atoms with Crippen LogP contribution in [-0.4, -0.2) is 67.7 Å². The van der Waals surface area contributed by atoms with Gasteiger partial charge in [-0.2, -0.15) is 0 Å². The number of nitrogens with zero attached hydrogens (tertiary/aromatic N) is 2.